The van der Waals surface area contributed by atoms with Crippen molar-refractivity contribution in [2.45, 2.75) is 38.8 Å². The van der Waals surface area contributed by atoms with Crippen LogP contribution in [0.5, 0.6) is 5.75 Å². The smallest absolute Gasteiger partial charge is 0.248 e. The Labute approximate surface area is 158 Å². The van der Waals surface area contributed by atoms with Crippen molar-refractivity contribution in [1.82, 2.24) is 10.3 Å². The Bertz CT molecular complexity index is 963. The second-order valence-corrected chi connectivity index (χ2v) is 7.13. The van der Waals surface area contributed by atoms with Crippen LogP contribution in [-0.2, 0) is 6.42 Å². The van der Waals surface area contributed by atoms with Gasteiger partial charge < -0.3 is 20.5 Å². The number of aliphatic hydroxyl groups is 1. The van der Waals surface area contributed by atoms with E-state index in [1.165, 1.54) is 23.3 Å². The van der Waals surface area contributed by atoms with Gasteiger partial charge in [-0.25, -0.2) is 0 Å². The molecule has 0 radical (unpaired) electrons. The van der Waals surface area contributed by atoms with Crippen LogP contribution in [0.2, 0.25) is 0 Å². The molecule has 0 aliphatic rings. The molecule has 5 nitrogen and oxygen atoms in total. The Kier molecular flexibility index (Phi) is 5.94. The fourth-order valence-corrected chi connectivity index (χ4v) is 3.21. The van der Waals surface area contributed by atoms with E-state index in [-0.39, 0.29) is 17.4 Å². The quantitative estimate of drug-likeness (QED) is 0.517. The van der Waals surface area contributed by atoms with Crippen molar-refractivity contribution in [2.75, 3.05) is 6.54 Å². The molecule has 0 saturated carbocycles. The number of aliphatic hydroxyl groups excluding tert-OH is 1. The van der Waals surface area contributed by atoms with Crippen LogP contribution in [0.15, 0.2) is 53.3 Å². The van der Waals surface area contributed by atoms with Crippen LogP contribution in [0.25, 0.3) is 10.9 Å². The molecule has 0 bridgehead atoms. The zero-order chi connectivity index (χ0) is 19.4. The van der Waals surface area contributed by atoms with Gasteiger partial charge in [0.15, 0.2) is 0 Å². The third-order valence-electron chi connectivity index (χ3n) is 4.91. The summed E-state index contributed by atoms with van der Waals surface area (Å²) in [6.45, 7) is 4.58. The molecular formula is C22H26N2O3. The van der Waals surface area contributed by atoms with Crippen molar-refractivity contribution < 1.29 is 10.2 Å². The van der Waals surface area contributed by atoms with E-state index in [1.807, 2.05) is 0 Å². The summed E-state index contributed by atoms with van der Waals surface area (Å²) >= 11 is 0. The number of aromatic hydroxyl groups is 1. The Hall–Kier alpha value is -2.63. The minimum Gasteiger partial charge on any atom is -0.506 e. The lowest BCUT2D eigenvalue weighted by Crippen LogP contribution is -2.31. The van der Waals surface area contributed by atoms with Crippen molar-refractivity contribution in [3.8, 4) is 5.75 Å². The third kappa shape index (κ3) is 4.76. The molecule has 4 N–H and O–H groups in total. The number of aromatic nitrogens is 1. The standard InChI is InChI=1S/C22H26N2O3/c1-14-3-6-16(7-4-14)8-5-15(2)23-13-20(26)17-9-11-19(25)22-18(17)10-12-21(27)24-22/h3-4,6-7,9-12,15,20,23,25-26H,5,8,13H2,1-2H3,(H,24,27). The summed E-state index contributed by atoms with van der Waals surface area (Å²) in [5.74, 6) is -0.00178. The SMILES string of the molecule is Cc1ccc(CCC(C)NCC(O)c2ccc(O)c3[nH]c(=O)ccc23)cc1. The summed E-state index contributed by atoms with van der Waals surface area (Å²) in [6.07, 6.45) is 1.22. The van der Waals surface area contributed by atoms with E-state index in [9.17, 15) is 15.0 Å². The van der Waals surface area contributed by atoms with Gasteiger partial charge in [-0.2, -0.15) is 0 Å². The molecule has 3 rings (SSSR count). The number of phenolic OH excluding ortho intramolecular Hbond substituents is 1. The molecule has 1 heterocycles. The number of aromatic amines is 1. The van der Waals surface area contributed by atoms with Crippen LogP contribution in [0.4, 0.5) is 0 Å². The number of nitrogens with one attached hydrogen (secondary N) is 2. The molecule has 2 aromatic carbocycles. The lowest BCUT2D eigenvalue weighted by Gasteiger charge is -2.19. The number of fused-ring (bicyclic) bond motifs is 1. The predicted octanol–water partition coefficient (Wildman–Crippen LogP) is 3.19. The average molecular weight is 366 g/mol. The van der Waals surface area contributed by atoms with Crippen LogP contribution in [-0.4, -0.2) is 27.8 Å². The number of hydrogen-bond acceptors (Lipinski definition) is 4. The Morgan fingerprint density at radius 3 is 2.56 bits per heavy atom. The molecule has 0 saturated heterocycles. The Balaban J connectivity index is 1.61. The topological polar surface area (TPSA) is 85.3 Å². The molecule has 0 fully saturated rings. The first kappa shape index (κ1) is 19.1. The number of benzene rings is 2. The van der Waals surface area contributed by atoms with Crippen LogP contribution < -0.4 is 10.9 Å². The maximum Gasteiger partial charge on any atom is 0.248 e. The Morgan fingerprint density at radius 2 is 1.81 bits per heavy atom. The fourth-order valence-electron chi connectivity index (χ4n) is 3.21. The molecular weight excluding hydrogens is 340 g/mol. The number of phenols is 1. The van der Waals surface area contributed by atoms with Gasteiger partial charge in [0.2, 0.25) is 5.56 Å². The van der Waals surface area contributed by atoms with E-state index in [2.05, 4.69) is 48.4 Å². The third-order valence-corrected chi connectivity index (χ3v) is 4.91. The number of pyridine rings is 1. The number of hydrogen-bond donors (Lipinski definition) is 4. The fraction of sp³-hybridized carbons (Fsp3) is 0.318. The van der Waals surface area contributed by atoms with Gasteiger partial charge in [0.1, 0.15) is 5.75 Å². The predicted molar refractivity (Wildman–Crippen MR) is 108 cm³/mol. The monoisotopic (exact) mass is 366 g/mol. The van der Waals surface area contributed by atoms with Crippen molar-refractivity contribution in [1.29, 1.82) is 0 Å². The highest BCUT2D eigenvalue weighted by molar-refractivity contribution is 5.87. The highest BCUT2D eigenvalue weighted by Crippen LogP contribution is 2.28. The molecule has 0 aliphatic heterocycles. The molecule has 0 aliphatic carbocycles. The zero-order valence-corrected chi connectivity index (χ0v) is 15.7. The van der Waals surface area contributed by atoms with Crippen LogP contribution in [0, 0.1) is 6.92 Å². The first-order valence-electron chi connectivity index (χ1n) is 9.26. The molecule has 2 atom stereocenters. The van der Waals surface area contributed by atoms with Crippen LogP contribution >= 0.6 is 0 Å². The van der Waals surface area contributed by atoms with Gasteiger partial charge in [-0.15, -0.1) is 0 Å². The van der Waals surface area contributed by atoms with E-state index in [0.29, 0.717) is 23.0 Å². The number of H-pyrrole nitrogens is 1. The van der Waals surface area contributed by atoms with Gasteiger partial charge in [-0.05, 0) is 49.9 Å². The van der Waals surface area contributed by atoms with E-state index >= 15 is 0 Å². The zero-order valence-electron chi connectivity index (χ0n) is 15.7. The summed E-state index contributed by atoms with van der Waals surface area (Å²) in [5.41, 5.74) is 3.31. The molecule has 2 unspecified atom stereocenters. The number of rotatable bonds is 7. The van der Waals surface area contributed by atoms with Gasteiger partial charge in [-0.3, -0.25) is 4.79 Å². The number of aryl methyl sites for hydroxylation is 2. The lowest BCUT2D eigenvalue weighted by atomic mass is 10.0. The lowest BCUT2D eigenvalue weighted by molar-refractivity contribution is 0.171. The molecule has 0 spiro atoms. The normalized spacial score (nSPS) is 13.6. The molecule has 27 heavy (non-hydrogen) atoms. The summed E-state index contributed by atoms with van der Waals surface area (Å²) in [5, 5.41) is 24.6. The first-order valence-corrected chi connectivity index (χ1v) is 9.26. The second-order valence-electron chi connectivity index (χ2n) is 7.13. The van der Waals surface area contributed by atoms with E-state index in [4.69, 9.17) is 0 Å². The molecule has 1 aromatic heterocycles. The van der Waals surface area contributed by atoms with E-state index in [1.54, 1.807) is 12.1 Å². The summed E-state index contributed by atoms with van der Waals surface area (Å²) in [4.78, 5) is 14.1. The highest BCUT2D eigenvalue weighted by Gasteiger charge is 2.15. The summed E-state index contributed by atoms with van der Waals surface area (Å²) in [7, 11) is 0. The molecule has 3 aromatic rings. The Morgan fingerprint density at radius 1 is 1.07 bits per heavy atom. The maximum atomic E-state index is 11.5. The van der Waals surface area contributed by atoms with Gasteiger partial charge in [0.05, 0.1) is 11.6 Å². The summed E-state index contributed by atoms with van der Waals surface area (Å²) in [6, 6.07) is 15.0. The van der Waals surface area contributed by atoms with Crippen molar-refractivity contribution in [2.24, 2.45) is 0 Å². The highest BCUT2D eigenvalue weighted by atomic mass is 16.3. The minimum absolute atomic E-state index is 0.00178. The molecule has 5 heteroatoms. The van der Waals surface area contributed by atoms with Crippen molar-refractivity contribution >= 4 is 10.9 Å². The van der Waals surface area contributed by atoms with Gasteiger partial charge in [-0.1, -0.05) is 35.9 Å². The minimum atomic E-state index is -0.735. The van der Waals surface area contributed by atoms with Gasteiger partial charge in [0, 0.05) is 24.0 Å². The van der Waals surface area contributed by atoms with E-state index < -0.39 is 6.10 Å². The van der Waals surface area contributed by atoms with Gasteiger partial charge in [0.25, 0.3) is 0 Å². The molecule has 0 amide bonds. The van der Waals surface area contributed by atoms with Crippen LogP contribution in [0.1, 0.15) is 36.1 Å². The van der Waals surface area contributed by atoms with Gasteiger partial charge >= 0.3 is 0 Å². The average Bonchev–Trinajstić information content (AvgIpc) is 2.66. The molecule has 142 valence electrons. The maximum absolute atomic E-state index is 11.5. The largest absolute Gasteiger partial charge is 0.506 e. The first-order chi connectivity index (χ1) is 12.9. The van der Waals surface area contributed by atoms with E-state index in [0.717, 1.165) is 12.8 Å². The van der Waals surface area contributed by atoms with Crippen LogP contribution in [0.3, 0.4) is 0 Å². The second kappa shape index (κ2) is 8.37. The van der Waals surface area contributed by atoms with Crippen molar-refractivity contribution in [3.63, 3.8) is 0 Å². The van der Waals surface area contributed by atoms with Crippen molar-refractivity contribution in [3.05, 3.63) is 75.6 Å². The summed E-state index contributed by atoms with van der Waals surface area (Å²) < 4.78 is 0.